The first-order chi connectivity index (χ1) is 29.2. The summed E-state index contributed by atoms with van der Waals surface area (Å²) in [5.74, 6) is 0.349. The number of carbonyl (C=O) groups excluding carboxylic acids is 4. The minimum Gasteiger partial charge on any atom is -0.453 e. The third-order valence-corrected chi connectivity index (χ3v) is 11.9. The van der Waals surface area contributed by atoms with Crippen molar-refractivity contribution in [3.05, 3.63) is 84.7 Å². The van der Waals surface area contributed by atoms with Crippen LogP contribution < -0.4 is 10.7 Å². The molecule has 4 atom stereocenters. The standard InChI is InChI=1S/C46H56N8O7/c1-26(2)39(51-44(57)59-7)43(56)53-38(25-61-46(53,5)6)41-48-23-36(50-41)29-15-13-28(14-16-29)30-17-18-32-22-33(20-19-31(32)21-30)37-24-47-40(49-37)34-11-9-10-12-35(34)42(55)54(27(3)4)52-45(58)60-8/h13-24,26-27,34-35,38-39H,9-12,25H2,1-8H3,(H,47,49)(H,48,50)(H,51,57)(H,52,58)/t34?,35?,38-,39-/m0/s1. The highest BCUT2D eigenvalue weighted by atomic mass is 16.5. The minimum atomic E-state index is -0.920. The lowest BCUT2D eigenvalue weighted by Gasteiger charge is -2.36. The first kappa shape index (κ1) is 42.9. The van der Waals surface area contributed by atoms with Crippen molar-refractivity contribution in [1.29, 1.82) is 0 Å². The van der Waals surface area contributed by atoms with Gasteiger partial charge in [-0.2, -0.15) is 0 Å². The Morgan fingerprint density at radius 3 is 2.02 bits per heavy atom. The number of hydrazine groups is 1. The maximum Gasteiger partial charge on any atom is 0.425 e. The van der Waals surface area contributed by atoms with Gasteiger partial charge in [-0.05, 0) is 86.1 Å². The average molecular weight is 833 g/mol. The molecule has 0 spiro atoms. The Morgan fingerprint density at radius 2 is 1.36 bits per heavy atom. The van der Waals surface area contributed by atoms with Crippen LogP contribution in [-0.2, 0) is 23.8 Å². The van der Waals surface area contributed by atoms with Gasteiger partial charge in [0.15, 0.2) is 0 Å². The topological polar surface area (TPSA) is 184 Å². The zero-order valence-corrected chi connectivity index (χ0v) is 36.1. The summed E-state index contributed by atoms with van der Waals surface area (Å²) in [7, 11) is 2.55. The number of H-pyrrole nitrogens is 2. The monoisotopic (exact) mass is 832 g/mol. The van der Waals surface area contributed by atoms with E-state index in [0.717, 1.165) is 69.5 Å². The second-order valence-electron chi connectivity index (χ2n) is 17.0. The van der Waals surface area contributed by atoms with E-state index in [2.05, 4.69) is 74.2 Å². The molecule has 0 bridgehead atoms. The maximum atomic E-state index is 13.9. The Hall–Kier alpha value is -6.22. The summed E-state index contributed by atoms with van der Waals surface area (Å²) in [6, 6.07) is 19.5. The molecule has 1 saturated heterocycles. The van der Waals surface area contributed by atoms with Gasteiger partial charge < -0.3 is 34.4 Å². The van der Waals surface area contributed by atoms with E-state index in [-0.39, 0.29) is 42.2 Å². The van der Waals surface area contributed by atoms with E-state index in [1.165, 1.54) is 19.2 Å². The summed E-state index contributed by atoms with van der Waals surface area (Å²) in [6.45, 7) is 11.4. The summed E-state index contributed by atoms with van der Waals surface area (Å²) in [5.41, 5.74) is 7.42. The number of methoxy groups -OCH3 is 2. The van der Waals surface area contributed by atoms with Crippen LogP contribution in [0.5, 0.6) is 0 Å². The number of carbonyl (C=O) groups is 4. The first-order valence-electron chi connectivity index (χ1n) is 20.9. The van der Waals surface area contributed by atoms with Crippen molar-refractivity contribution in [2.24, 2.45) is 11.8 Å². The van der Waals surface area contributed by atoms with Crippen LogP contribution in [0.3, 0.4) is 0 Å². The highest BCUT2D eigenvalue weighted by Crippen LogP contribution is 2.40. The van der Waals surface area contributed by atoms with Crippen molar-refractivity contribution in [3.63, 3.8) is 0 Å². The molecule has 2 aromatic heterocycles. The average Bonchev–Trinajstić information content (AvgIpc) is 4.03. The Morgan fingerprint density at radius 1 is 0.787 bits per heavy atom. The summed E-state index contributed by atoms with van der Waals surface area (Å²) < 4.78 is 15.6. The molecule has 3 heterocycles. The largest absolute Gasteiger partial charge is 0.453 e. The van der Waals surface area contributed by atoms with Crippen LogP contribution in [0.1, 0.15) is 90.8 Å². The first-order valence-corrected chi connectivity index (χ1v) is 20.9. The number of alkyl carbamates (subject to hydrolysis) is 1. The number of imidazole rings is 2. The second-order valence-corrected chi connectivity index (χ2v) is 17.0. The Labute approximate surface area is 355 Å². The molecule has 1 aliphatic heterocycles. The molecule has 1 aliphatic carbocycles. The molecule has 0 radical (unpaired) electrons. The fourth-order valence-corrected chi connectivity index (χ4v) is 8.55. The molecule has 2 aliphatic rings. The third kappa shape index (κ3) is 8.97. The molecular weight excluding hydrogens is 777 g/mol. The van der Waals surface area contributed by atoms with E-state index in [1.807, 2.05) is 59.9 Å². The van der Waals surface area contributed by atoms with Gasteiger partial charge in [0.25, 0.3) is 0 Å². The summed E-state index contributed by atoms with van der Waals surface area (Å²) in [6.07, 6.45) is 5.73. The second kappa shape index (κ2) is 17.8. The summed E-state index contributed by atoms with van der Waals surface area (Å²) in [4.78, 5) is 69.8. The molecule has 322 valence electrons. The van der Waals surface area contributed by atoms with Gasteiger partial charge >= 0.3 is 12.2 Å². The van der Waals surface area contributed by atoms with Gasteiger partial charge in [0.2, 0.25) is 11.8 Å². The van der Waals surface area contributed by atoms with Gasteiger partial charge in [0.1, 0.15) is 29.5 Å². The van der Waals surface area contributed by atoms with E-state index in [4.69, 9.17) is 19.2 Å². The normalized spacial score (nSPS) is 19.2. The Kier molecular flexibility index (Phi) is 12.5. The molecule has 1 saturated carbocycles. The molecule has 61 heavy (non-hydrogen) atoms. The number of ether oxygens (including phenoxy) is 3. The lowest BCUT2D eigenvalue weighted by molar-refractivity contribution is -0.149. The molecule has 15 heteroatoms. The number of nitrogens with one attached hydrogen (secondary N) is 4. The van der Waals surface area contributed by atoms with Crippen LogP contribution in [0.4, 0.5) is 9.59 Å². The van der Waals surface area contributed by atoms with Crippen LogP contribution in [0.25, 0.3) is 44.4 Å². The lowest BCUT2D eigenvalue weighted by Crippen LogP contribution is -2.56. The number of benzene rings is 3. The lowest BCUT2D eigenvalue weighted by atomic mass is 9.78. The van der Waals surface area contributed by atoms with Gasteiger partial charge in [-0.1, -0.05) is 75.2 Å². The molecule has 4 amide bonds. The van der Waals surface area contributed by atoms with Gasteiger partial charge in [-0.15, -0.1) is 0 Å². The zero-order chi connectivity index (χ0) is 43.6. The van der Waals surface area contributed by atoms with Crippen molar-refractivity contribution < 1.29 is 33.4 Å². The Balaban J connectivity index is 1.05. The van der Waals surface area contributed by atoms with Crippen LogP contribution >= 0.6 is 0 Å². The number of nitrogens with zero attached hydrogens (tertiary/aromatic N) is 4. The van der Waals surface area contributed by atoms with Crippen molar-refractivity contribution in [2.75, 3.05) is 20.8 Å². The van der Waals surface area contributed by atoms with Crippen LogP contribution in [0.15, 0.2) is 73.1 Å². The predicted octanol–water partition coefficient (Wildman–Crippen LogP) is 8.09. The number of fused-ring (bicyclic) bond motifs is 1. The quantitative estimate of drug-likeness (QED) is 0.101. The van der Waals surface area contributed by atoms with Crippen molar-refractivity contribution in [2.45, 2.75) is 97.0 Å². The molecule has 2 unspecified atom stereocenters. The molecule has 4 N–H and O–H groups in total. The number of hydrogen-bond acceptors (Lipinski definition) is 9. The van der Waals surface area contributed by atoms with E-state index < -0.39 is 30.0 Å². The summed E-state index contributed by atoms with van der Waals surface area (Å²) >= 11 is 0. The number of aromatic nitrogens is 4. The zero-order valence-electron chi connectivity index (χ0n) is 36.1. The van der Waals surface area contributed by atoms with E-state index in [1.54, 1.807) is 11.1 Å². The van der Waals surface area contributed by atoms with Crippen molar-refractivity contribution in [3.8, 4) is 33.6 Å². The fourth-order valence-electron chi connectivity index (χ4n) is 8.55. The van der Waals surface area contributed by atoms with Gasteiger partial charge in [-0.25, -0.2) is 30.0 Å². The molecule has 7 rings (SSSR count). The van der Waals surface area contributed by atoms with Crippen molar-refractivity contribution in [1.82, 2.24) is 40.6 Å². The van der Waals surface area contributed by atoms with Gasteiger partial charge in [-0.3, -0.25) is 9.59 Å². The number of amides is 4. The predicted molar refractivity (Wildman–Crippen MR) is 231 cm³/mol. The molecule has 3 aromatic carbocycles. The van der Waals surface area contributed by atoms with Crippen LogP contribution in [-0.4, -0.2) is 92.5 Å². The maximum absolute atomic E-state index is 13.9. The number of rotatable bonds is 10. The van der Waals surface area contributed by atoms with Gasteiger partial charge in [0.05, 0.1) is 44.6 Å². The molecule has 15 nitrogen and oxygen atoms in total. The minimum absolute atomic E-state index is 0.100. The van der Waals surface area contributed by atoms with Gasteiger partial charge in [0, 0.05) is 23.4 Å². The Bertz CT molecular complexity index is 2390. The van der Waals surface area contributed by atoms with E-state index in [9.17, 15) is 19.2 Å². The molecule has 2 fully saturated rings. The van der Waals surface area contributed by atoms with Crippen LogP contribution in [0, 0.1) is 11.8 Å². The van der Waals surface area contributed by atoms with Crippen LogP contribution in [0.2, 0.25) is 0 Å². The third-order valence-electron chi connectivity index (χ3n) is 11.9. The highest BCUT2D eigenvalue weighted by molar-refractivity contribution is 5.91. The smallest absolute Gasteiger partial charge is 0.425 e. The number of hydrogen-bond donors (Lipinski definition) is 4. The van der Waals surface area contributed by atoms with Crippen molar-refractivity contribution >= 4 is 34.8 Å². The summed E-state index contributed by atoms with van der Waals surface area (Å²) in [5, 5.41) is 6.24. The van der Waals surface area contributed by atoms with E-state index in [0.29, 0.717) is 12.2 Å². The fraction of sp³-hybridized carbons (Fsp3) is 0.435. The van der Waals surface area contributed by atoms with E-state index >= 15 is 0 Å². The molecule has 5 aromatic rings. The number of aromatic amines is 2. The molecular formula is C46H56N8O7. The SMILES string of the molecule is COC(=O)N[C@H](C(=O)N1[C@H](c2ncc(-c3ccc(-c4ccc5cc(-c6cnc(C7CCCCC7C(=O)N(NC(=O)OC)C(C)C)[nH]6)ccc5c4)cc3)[nH]2)COC1(C)C)C(C)C. The highest BCUT2D eigenvalue weighted by Gasteiger charge is 2.48.